The van der Waals surface area contributed by atoms with Crippen molar-refractivity contribution in [2.24, 2.45) is 7.05 Å². The van der Waals surface area contributed by atoms with E-state index in [0.717, 1.165) is 0 Å². The molecule has 0 fully saturated rings. The number of fused-ring (bicyclic) bond motifs is 1. The fourth-order valence-electron chi connectivity index (χ4n) is 3.64. The van der Waals surface area contributed by atoms with Gasteiger partial charge in [-0.3, -0.25) is 14.3 Å². The number of rotatable bonds is 5. The van der Waals surface area contributed by atoms with Crippen LogP contribution in [0.3, 0.4) is 0 Å². The third kappa shape index (κ3) is 3.28. The first-order valence-corrected chi connectivity index (χ1v) is 9.13. The molecule has 0 amide bonds. The zero-order chi connectivity index (χ0) is 21.4. The molecule has 8 heteroatoms. The third-order valence-corrected chi connectivity index (χ3v) is 5.08. The van der Waals surface area contributed by atoms with E-state index < -0.39 is 11.9 Å². The molecule has 0 saturated heterocycles. The van der Waals surface area contributed by atoms with Gasteiger partial charge in [0, 0.05) is 30.4 Å². The Labute approximate surface area is 170 Å². The van der Waals surface area contributed by atoms with Crippen LogP contribution < -0.4 is 5.43 Å². The van der Waals surface area contributed by atoms with Crippen molar-refractivity contribution in [3.63, 3.8) is 0 Å². The predicted octanol–water partition coefficient (Wildman–Crippen LogP) is 3.21. The van der Waals surface area contributed by atoms with Crippen molar-refractivity contribution in [3.8, 4) is 22.6 Å². The van der Waals surface area contributed by atoms with E-state index in [1.54, 1.807) is 25.2 Å². The molecule has 0 saturated carbocycles. The van der Waals surface area contributed by atoms with Gasteiger partial charge in [-0.2, -0.15) is 5.10 Å². The van der Waals surface area contributed by atoms with E-state index >= 15 is 0 Å². The van der Waals surface area contributed by atoms with Gasteiger partial charge in [0.25, 0.3) is 0 Å². The Kier molecular flexibility index (Phi) is 4.75. The van der Waals surface area contributed by atoms with Crippen LogP contribution in [0.2, 0.25) is 0 Å². The molecule has 2 heterocycles. The van der Waals surface area contributed by atoms with Crippen molar-refractivity contribution in [2.45, 2.75) is 12.3 Å². The molecule has 0 spiro atoms. The first kappa shape index (κ1) is 19.3. The molecule has 0 radical (unpaired) electrons. The van der Waals surface area contributed by atoms with E-state index in [1.165, 1.54) is 41.4 Å². The Balaban J connectivity index is 1.96. The van der Waals surface area contributed by atoms with E-state index in [2.05, 4.69) is 5.10 Å². The number of hydrogen-bond donors (Lipinski definition) is 3. The van der Waals surface area contributed by atoms with E-state index in [0.29, 0.717) is 11.3 Å². The smallest absolute Gasteiger partial charge is 0.304 e. The Morgan fingerprint density at radius 2 is 1.87 bits per heavy atom. The van der Waals surface area contributed by atoms with Crippen LogP contribution in [0.1, 0.15) is 23.6 Å². The maximum Gasteiger partial charge on any atom is 0.304 e. The molecule has 3 N–H and O–H groups in total. The molecule has 0 aliphatic rings. The van der Waals surface area contributed by atoms with E-state index in [4.69, 9.17) is 4.42 Å². The Hall–Kier alpha value is -4.07. The fraction of sp³-hybridized carbons (Fsp3) is 0.136. The molecule has 1 unspecified atom stereocenters. The van der Waals surface area contributed by atoms with Gasteiger partial charge in [-0.15, -0.1) is 0 Å². The number of aromatic hydroxyl groups is 2. The number of phenols is 2. The summed E-state index contributed by atoms with van der Waals surface area (Å²) in [5.74, 6) is -1.94. The number of phenolic OH excluding ortho intramolecular Hbond substituents is 2. The molecule has 4 aromatic rings. The molecule has 0 bridgehead atoms. The van der Waals surface area contributed by atoms with Gasteiger partial charge in [0.2, 0.25) is 5.43 Å². The number of nitrogens with zero attached hydrogens (tertiary/aromatic N) is 2. The van der Waals surface area contributed by atoms with Gasteiger partial charge in [0.1, 0.15) is 23.3 Å². The minimum absolute atomic E-state index is 0.0730. The second kappa shape index (κ2) is 7.40. The van der Waals surface area contributed by atoms with Gasteiger partial charge >= 0.3 is 5.97 Å². The summed E-state index contributed by atoms with van der Waals surface area (Å²) in [5, 5.41) is 33.8. The number of aryl methyl sites for hydroxylation is 1. The molecule has 0 aliphatic heterocycles. The van der Waals surface area contributed by atoms with Crippen LogP contribution in [0.25, 0.3) is 22.1 Å². The zero-order valence-corrected chi connectivity index (χ0v) is 15.9. The Bertz CT molecular complexity index is 1300. The summed E-state index contributed by atoms with van der Waals surface area (Å²) >= 11 is 0. The zero-order valence-electron chi connectivity index (χ0n) is 15.9. The molecule has 152 valence electrons. The quantitative estimate of drug-likeness (QED) is 0.465. The molecule has 30 heavy (non-hydrogen) atoms. The second-order valence-corrected chi connectivity index (χ2v) is 6.93. The molecule has 0 aliphatic carbocycles. The maximum absolute atomic E-state index is 13.1. The maximum atomic E-state index is 13.1. The first-order chi connectivity index (χ1) is 14.4. The van der Waals surface area contributed by atoms with Gasteiger partial charge in [0.05, 0.1) is 17.4 Å². The van der Waals surface area contributed by atoms with E-state index in [9.17, 15) is 24.9 Å². The van der Waals surface area contributed by atoms with Crippen molar-refractivity contribution in [3.05, 3.63) is 76.4 Å². The lowest BCUT2D eigenvalue weighted by Crippen LogP contribution is -2.14. The standard InChI is InChI=1S/C22H18N2O6/c1-24-17(8-9-23-24)15(10-19(27)28)20-18(26)7-6-14-21(29)16(11-30-22(14)20)12-2-4-13(25)5-3-12/h2-9,11,15,25-26H,10H2,1H3,(H,27,28). The summed E-state index contributed by atoms with van der Waals surface area (Å²) < 4.78 is 7.30. The normalized spacial score (nSPS) is 12.2. The molecule has 2 aromatic heterocycles. The predicted molar refractivity (Wildman–Crippen MR) is 109 cm³/mol. The average Bonchev–Trinajstić information content (AvgIpc) is 3.13. The van der Waals surface area contributed by atoms with Crippen LogP contribution in [-0.4, -0.2) is 31.1 Å². The van der Waals surface area contributed by atoms with Gasteiger partial charge in [-0.1, -0.05) is 12.1 Å². The van der Waals surface area contributed by atoms with Crippen molar-refractivity contribution in [2.75, 3.05) is 0 Å². The first-order valence-electron chi connectivity index (χ1n) is 9.13. The fourth-order valence-corrected chi connectivity index (χ4v) is 3.64. The number of aromatic nitrogens is 2. The van der Waals surface area contributed by atoms with Gasteiger partial charge in [0.15, 0.2) is 0 Å². The highest BCUT2D eigenvalue weighted by molar-refractivity contribution is 5.87. The largest absolute Gasteiger partial charge is 0.508 e. The molecule has 8 nitrogen and oxygen atoms in total. The Morgan fingerprint density at radius 3 is 2.50 bits per heavy atom. The summed E-state index contributed by atoms with van der Waals surface area (Å²) in [6.45, 7) is 0. The Morgan fingerprint density at radius 1 is 1.13 bits per heavy atom. The summed E-state index contributed by atoms with van der Waals surface area (Å²) in [5.41, 5.74) is 1.41. The highest BCUT2D eigenvalue weighted by Crippen LogP contribution is 2.39. The van der Waals surface area contributed by atoms with Crippen LogP contribution in [-0.2, 0) is 11.8 Å². The number of hydrogen-bond acceptors (Lipinski definition) is 6. The highest BCUT2D eigenvalue weighted by Gasteiger charge is 2.28. The van der Waals surface area contributed by atoms with E-state index in [-0.39, 0.29) is 45.4 Å². The highest BCUT2D eigenvalue weighted by atomic mass is 16.4. The number of aliphatic carboxylic acids is 1. The summed E-state index contributed by atoms with van der Waals surface area (Å²) in [4.78, 5) is 24.7. The summed E-state index contributed by atoms with van der Waals surface area (Å²) in [6.07, 6.45) is 2.49. The topological polar surface area (TPSA) is 126 Å². The van der Waals surface area contributed by atoms with Crippen molar-refractivity contribution < 1.29 is 24.5 Å². The number of carbonyl (C=O) groups is 1. The summed E-state index contributed by atoms with van der Waals surface area (Å²) in [6, 6.07) is 10.6. The summed E-state index contributed by atoms with van der Waals surface area (Å²) in [7, 11) is 1.67. The van der Waals surface area contributed by atoms with Crippen LogP contribution >= 0.6 is 0 Å². The van der Waals surface area contributed by atoms with Crippen molar-refractivity contribution >= 4 is 16.9 Å². The molecular weight excluding hydrogens is 388 g/mol. The molecule has 2 aromatic carbocycles. The third-order valence-electron chi connectivity index (χ3n) is 5.08. The molecule has 1 atom stereocenters. The van der Waals surface area contributed by atoms with Crippen molar-refractivity contribution in [1.82, 2.24) is 9.78 Å². The van der Waals surface area contributed by atoms with Crippen LogP contribution in [0, 0.1) is 0 Å². The van der Waals surface area contributed by atoms with Crippen molar-refractivity contribution in [1.29, 1.82) is 0 Å². The van der Waals surface area contributed by atoms with Gasteiger partial charge in [-0.25, -0.2) is 0 Å². The van der Waals surface area contributed by atoms with E-state index in [1.807, 2.05) is 0 Å². The molecular formula is C22H18N2O6. The van der Waals surface area contributed by atoms with Crippen LogP contribution in [0.5, 0.6) is 11.5 Å². The number of benzene rings is 2. The number of carboxylic acid groups (broad SMARTS) is 1. The van der Waals surface area contributed by atoms with Crippen LogP contribution in [0.15, 0.2) is 64.1 Å². The minimum atomic E-state index is -1.07. The lowest BCUT2D eigenvalue weighted by molar-refractivity contribution is -0.137. The second-order valence-electron chi connectivity index (χ2n) is 6.93. The van der Waals surface area contributed by atoms with Gasteiger partial charge in [-0.05, 0) is 35.9 Å². The SMILES string of the molecule is Cn1nccc1C(CC(=O)O)c1c(O)ccc2c(=O)c(-c3ccc(O)cc3)coc12. The minimum Gasteiger partial charge on any atom is -0.508 e. The number of carboxylic acids is 1. The lowest BCUT2D eigenvalue weighted by Gasteiger charge is -2.18. The molecule has 4 rings (SSSR count). The lowest BCUT2D eigenvalue weighted by atomic mass is 9.89. The average molecular weight is 406 g/mol. The van der Waals surface area contributed by atoms with Crippen LogP contribution in [0.4, 0.5) is 0 Å². The van der Waals surface area contributed by atoms with Gasteiger partial charge < -0.3 is 19.7 Å². The monoisotopic (exact) mass is 406 g/mol.